The molecule has 0 saturated carbocycles. The Morgan fingerprint density at radius 1 is 1.70 bits per heavy atom. The van der Waals surface area contributed by atoms with Crippen molar-refractivity contribution >= 4 is 23.0 Å². The Hall–Kier alpha value is -0.710. The van der Waals surface area contributed by atoms with E-state index in [1.165, 1.54) is 23.7 Å². The molecule has 2 N–H and O–H groups in total. The summed E-state index contributed by atoms with van der Waals surface area (Å²) in [6, 6.07) is -0.264. The fourth-order valence-corrected chi connectivity index (χ4v) is 0.754. The largest absolute Gasteiger partial charge is 0.341 e. The predicted molar refractivity (Wildman–Crippen MR) is 43.5 cm³/mol. The van der Waals surface area contributed by atoms with E-state index in [-0.39, 0.29) is 11.2 Å². The standard InChI is InChI=1S/C5H11N3OS/c1-7-5(9)8(2)4(6)10-3/h6H,1-3H3,(H,7,9). The Morgan fingerprint density at radius 3 is 2.50 bits per heavy atom. The molecular weight excluding hydrogens is 150 g/mol. The van der Waals surface area contributed by atoms with Crippen molar-refractivity contribution < 1.29 is 4.79 Å². The van der Waals surface area contributed by atoms with Crippen LogP contribution in [0.25, 0.3) is 0 Å². The van der Waals surface area contributed by atoms with Crippen molar-refractivity contribution in [1.82, 2.24) is 10.2 Å². The molecule has 4 nitrogen and oxygen atoms in total. The van der Waals surface area contributed by atoms with Crippen LogP contribution in [-0.4, -0.2) is 36.4 Å². The highest BCUT2D eigenvalue weighted by Gasteiger charge is 2.08. The lowest BCUT2D eigenvalue weighted by atomic mass is 10.8. The summed E-state index contributed by atoms with van der Waals surface area (Å²) in [5, 5.41) is 9.85. The molecule has 0 unspecified atom stereocenters. The first-order chi connectivity index (χ1) is 4.63. The molecule has 0 saturated heterocycles. The van der Waals surface area contributed by atoms with Crippen molar-refractivity contribution in [3.8, 4) is 0 Å². The van der Waals surface area contributed by atoms with Gasteiger partial charge in [-0.15, -0.1) is 0 Å². The summed E-state index contributed by atoms with van der Waals surface area (Å²) in [4.78, 5) is 12.0. The van der Waals surface area contributed by atoms with E-state index >= 15 is 0 Å². The Morgan fingerprint density at radius 2 is 2.20 bits per heavy atom. The third-order valence-corrected chi connectivity index (χ3v) is 1.68. The van der Waals surface area contributed by atoms with Crippen LogP contribution in [0.2, 0.25) is 0 Å². The number of carbonyl (C=O) groups excluding carboxylic acids is 1. The topological polar surface area (TPSA) is 56.2 Å². The van der Waals surface area contributed by atoms with E-state index in [2.05, 4.69) is 5.32 Å². The van der Waals surface area contributed by atoms with Crippen LogP contribution in [0.15, 0.2) is 0 Å². The monoisotopic (exact) mass is 161 g/mol. The quantitative estimate of drug-likeness (QED) is 0.403. The molecule has 0 heterocycles. The van der Waals surface area contributed by atoms with Crippen LogP contribution in [0.4, 0.5) is 4.79 Å². The molecule has 0 spiro atoms. The van der Waals surface area contributed by atoms with Gasteiger partial charge in [-0.25, -0.2) is 4.79 Å². The average molecular weight is 161 g/mol. The van der Waals surface area contributed by atoms with Gasteiger partial charge in [-0.2, -0.15) is 0 Å². The molecule has 2 amide bonds. The van der Waals surface area contributed by atoms with Crippen molar-refractivity contribution in [3.05, 3.63) is 0 Å². The van der Waals surface area contributed by atoms with E-state index < -0.39 is 0 Å². The zero-order valence-corrected chi connectivity index (χ0v) is 7.08. The smallest absolute Gasteiger partial charge is 0.322 e. The minimum Gasteiger partial charge on any atom is -0.341 e. The summed E-state index contributed by atoms with van der Waals surface area (Å²) >= 11 is 1.22. The van der Waals surface area contributed by atoms with Crippen LogP contribution in [0, 0.1) is 5.41 Å². The zero-order valence-electron chi connectivity index (χ0n) is 6.26. The molecule has 0 fully saturated rings. The highest BCUT2D eigenvalue weighted by atomic mass is 32.2. The molecule has 0 aromatic rings. The lowest BCUT2D eigenvalue weighted by Crippen LogP contribution is -2.37. The number of urea groups is 1. The van der Waals surface area contributed by atoms with Crippen LogP contribution in [-0.2, 0) is 0 Å². The first kappa shape index (κ1) is 9.29. The summed E-state index contributed by atoms with van der Waals surface area (Å²) in [7, 11) is 3.09. The number of amides is 2. The van der Waals surface area contributed by atoms with Gasteiger partial charge < -0.3 is 5.32 Å². The van der Waals surface area contributed by atoms with Crippen LogP contribution >= 0.6 is 11.8 Å². The summed E-state index contributed by atoms with van der Waals surface area (Å²) in [5.41, 5.74) is 0. The summed E-state index contributed by atoms with van der Waals surface area (Å²) in [5.74, 6) is 0. The van der Waals surface area contributed by atoms with Crippen LogP contribution < -0.4 is 5.32 Å². The molecule has 0 aromatic carbocycles. The van der Waals surface area contributed by atoms with Gasteiger partial charge in [0.05, 0.1) is 0 Å². The molecule has 0 aliphatic carbocycles. The van der Waals surface area contributed by atoms with Gasteiger partial charge in [0.2, 0.25) is 0 Å². The van der Waals surface area contributed by atoms with E-state index in [1.807, 2.05) is 0 Å². The molecule has 0 bridgehead atoms. The van der Waals surface area contributed by atoms with Gasteiger partial charge in [-0.05, 0) is 6.26 Å². The third-order valence-electron chi connectivity index (χ3n) is 1.02. The summed E-state index contributed by atoms with van der Waals surface area (Å²) in [6.07, 6.45) is 1.75. The van der Waals surface area contributed by atoms with E-state index in [4.69, 9.17) is 5.41 Å². The van der Waals surface area contributed by atoms with Crippen molar-refractivity contribution in [2.75, 3.05) is 20.4 Å². The lowest BCUT2D eigenvalue weighted by Gasteiger charge is -2.14. The molecule has 0 aromatic heterocycles. The number of nitrogens with zero attached hydrogens (tertiary/aromatic N) is 1. The number of thioether (sulfide) groups is 1. The third kappa shape index (κ3) is 2.26. The first-order valence-electron chi connectivity index (χ1n) is 2.71. The molecule has 0 radical (unpaired) electrons. The maximum atomic E-state index is 10.8. The second kappa shape index (κ2) is 4.16. The zero-order chi connectivity index (χ0) is 8.15. The maximum Gasteiger partial charge on any atom is 0.322 e. The van der Waals surface area contributed by atoms with Gasteiger partial charge in [0.1, 0.15) is 0 Å². The first-order valence-corrected chi connectivity index (χ1v) is 3.94. The molecule has 10 heavy (non-hydrogen) atoms. The molecule has 0 atom stereocenters. The number of rotatable bonds is 0. The molecule has 0 aliphatic rings. The van der Waals surface area contributed by atoms with Crippen molar-refractivity contribution in [2.45, 2.75) is 0 Å². The van der Waals surface area contributed by atoms with E-state index in [1.54, 1.807) is 13.3 Å². The van der Waals surface area contributed by atoms with Crippen LogP contribution in [0.1, 0.15) is 0 Å². The van der Waals surface area contributed by atoms with Gasteiger partial charge in [-0.3, -0.25) is 10.3 Å². The molecule has 5 heteroatoms. The number of hydrogen-bond donors (Lipinski definition) is 2. The lowest BCUT2D eigenvalue weighted by molar-refractivity contribution is 0.229. The van der Waals surface area contributed by atoms with Crippen LogP contribution in [0.5, 0.6) is 0 Å². The van der Waals surface area contributed by atoms with Crippen LogP contribution in [0.3, 0.4) is 0 Å². The Balaban J connectivity index is 3.94. The highest BCUT2D eigenvalue weighted by Crippen LogP contribution is 1.99. The molecule has 0 rings (SSSR count). The molecule has 0 aliphatic heterocycles. The maximum absolute atomic E-state index is 10.8. The van der Waals surface area contributed by atoms with Crippen molar-refractivity contribution in [3.63, 3.8) is 0 Å². The fourth-order valence-electron chi connectivity index (χ4n) is 0.397. The SMILES string of the molecule is CNC(=O)N(C)C(=N)SC. The minimum absolute atomic E-state index is 0.236. The highest BCUT2D eigenvalue weighted by molar-refractivity contribution is 8.13. The number of amidine groups is 1. The van der Waals surface area contributed by atoms with E-state index in [9.17, 15) is 4.79 Å². The van der Waals surface area contributed by atoms with E-state index in [0.717, 1.165) is 0 Å². The number of carbonyl (C=O) groups is 1. The fraction of sp³-hybridized carbons (Fsp3) is 0.600. The normalized spacial score (nSPS) is 8.70. The second-order valence-electron chi connectivity index (χ2n) is 1.62. The summed E-state index contributed by atoms with van der Waals surface area (Å²) < 4.78 is 0. The van der Waals surface area contributed by atoms with Crippen molar-refractivity contribution in [2.24, 2.45) is 0 Å². The summed E-state index contributed by atoms with van der Waals surface area (Å²) in [6.45, 7) is 0. The van der Waals surface area contributed by atoms with Gasteiger partial charge in [0, 0.05) is 14.1 Å². The minimum atomic E-state index is -0.264. The molecule has 58 valence electrons. The number of hydrogen-bond acceptors (Lipinski definition) is 3. The second-order valence-corrected chi connectivity index (χ2v) is 2.42. The Kier molecular flexibility index (Phi) is 3.87. The van der Waals surface area contributed by atoms with Crippen molar-refractivity contribution in [1.29, 1.82) is 5.41 Å². The van der Waals surface area contributed by atoms with Gasteiger partial charge in [0.25, 0.3) is 0 Å². The molecular formula is C5H11N3OS. The Labute approximate surface area is 64.5 Å². The van der Waals surface area contributed by atoms with Gasteiger partial charge in [-0.1, -0.05) is 11.8 Å². The Bertz CT molecular complexity index is 132. The average Bonchev–Trinajstić information content (AvgIpc) is 2.00. The predicted octanol–water partition coefficient (Wildman–Crippen LogP) is 0.555. The van der Waals surface area contributed by atoms with Gasteiger partial charge in [0.15, 0.2) is 5.17 Å². The number of nitrogens with one attached hydrogen (secondary N) is 2. The van der Waals surface area contributed by atoms with E-state index in [0.29, 0.717) is 0 Å². The van der Waals surface area contributed by atoms with Gasteiger partial charge >= 0.3 is 6.03 Å².